The van der Waals surface area contributed by atoms with Gasteiger partial charge in [0.1, 0.15) is 0 Å². The fourth-order valence-electron chi connectivity index (χ4n) is 3.34. The molecule has 2 aliphatic rings. The summed E-state index contributed by atoms with van der Waals surface area (Å²) >= 11 is 6.06. The second kappa shape index (κ2) is 7.43. The van der Waals surface area contributed by atoms with Gasteiger partial charge in [0.25, 0.3) is 5.91 Å². The van der Waals surface area contributed by atoms with E-state index in [-0.39, 0.29) is 17.7 Å². The molecular weight excluding hydrogens is 326 g/mol. The molecule has 1 saturated carbocycles. The first-order valence-corrected chi connectivity index (χ1v) is 9.03. The maximum atomic E-state index is 12.9. The number of carbonyl (C=O) groups is 2. The molecule has 1 aliphatic carbocycles. The molecule has 2 amide bonds. The smallest absolute Gasteiger partial charge is 0.256 e. The van der Waals surface area contributed by atoms with E-state index in [0.29, 0.717) is 30.2 Å². The molecule has 0 unspecified atom stereocenters. The number of nitrogens with one attached hydrogen (secondary N) is 1. The van der Waals surface area contributed by atoms with Gasteiger partial charge in [-0.25, -0.2) is 0 Å². The Morgan fingerprint density at radius 3 is 2.46 bits per heavy atom. The van der Waals surface area contributed by atoms with E-state index in [1.807, 2.05) is 15.9 Å². The number of hydrogen-bond acceptors (Lipinski definition) is 3. The first-order valence-electron chi connectivity index (χ1n) is 8.65. The normalized spacial score (nSPS) is 18.8. The number of rotatable bonds is 3. The Morgan fingerprint density at radius 2 is 1.79 bits per heavy atom. The van der Waals surface area contributed by atoms with Crippen LogP contribution < -0.4 is 5.32 Å². The van der Waals surface area contributed by atoms with Gasteiger partial charge < -0.3 is 15.1 Å². The molecule has 6 heteroatoms. The second-order valence-electron chi connectivity index (χ2n) is 6.54. The molecule has 0 bridgehead atoms. The number of nitrogens with zero attached hydrogens (tertiary/aromatic N) is 2. The largest absolute Gasteiger partial charge is 0.387 e. The zero-order valence-electron chi connectivity index (χ0n) is 14.1. The summed E-state index contributed by atoms with van der Waals surface area (Å²) in [6, 6.07) is 5.29. The Balaban J connectivity index is 1.68. The zero-order valence-corrected chi connectivity index (χ0v) is 14.8. The highest BCUT2D eigenvalue weighted by molar-refractivity contribution is 6.31. The quantitative estimate of drug-likeness (QED) is 0.913. The molecule has 0 atom stereocenters. The van der Waals surface area contributed by atoms with Crippen molar-refractivity contribution in [2.24, 2.45) is 5.92 Å². The third-order valence-corrected chi connectivity index (χ3v) is 5.27. The van der Waals surface area contributed by atoms with E-state index in [1.165, 1.54) is 0 Å². The van der Waals surface area contributed by atoms with Crippen molar-refractivity contribution in [3.8, 4) is 0 Å². The number of amides is 2. The Labute approximate surface area is 147 Å². The Morgan fingerprint density at radius 1 is 1.08 bits per heavy atom. The van der Waals surface area contributed by atoms with Crippen LogP contribution in [0.3, 0.4) is 0 Å². The van der Waals surface area contributed by atoms with Gasteiger partial charge in [0, 0.05) is 49.9 Å². The summed E-state index contributed by atoms with van der Waals surface area (Å²) in [7, 11) is 1.79. The molecule has 1 heterocycles. The molecule has 0 radical (unpaired) electrons. The van der Waals surface area contributed by atoms with Crippen LogP contribution in [0.2, 0.25) is 5.02 Å². The predicted octanol–water partition coefficient (Wildman–Crippen LogP) is 2.86. The van der Waals surface area contributed by atoms with Crippen LogP contribution in [0, 0.1) is 5.92 Å². The molecule has 24 heavy (non-hydrogen) atoms. The third kappa shape index (κ3) is 3.51. The maximum Gasteiger partial charge on any atom is 0.256 e. The van der Waals surface area contributed by atoms with Crippen LogP contribution in [0.4, 0.5) is 5.69 Å². The molecule has 0 spiro atoms. The van der Waals surface area contributed by atoms with Crippen molar-refractivity contribution < 1.29 is 9.59 Å². The minimum atomic E-state index is -0.0280. The Kier molecular flexibility index (Phi) is 5.29. The summed E-state index contributed by atoms with van der Waals surface area (Å²) < 4.78 is 0. The van der Waals surface area contributed by atoms with E-state index in [2.05, 4.69) is 5.32 Å². The fourth-order valence-corrected chi connectivity index (χ4v) is 3.51. The molecule has 1 saturated heterocycles. The van der Waals surface area contributed by atoms with E-state index in [9.17, 15) is 9.59 Å². The second-order valence-corrected chi connectivity index (χ2v) is 6.98. The van der Waals surface area contributed by atoms with Gasteiger partial charge in [-0.2, -0.15) is 0 Å². The summed E-state index contributed by atoms with van der Waals surface area (Å²) in [4.78, 5) is 29.1. The van der Waals surface area contributed by atoms with Gasteiger partial charge in [0.15, 0.2) is 0 Å². The lowest BCUT2D eigenvalue weighted by atomic mass is 9.84. The van der Waals surface area contributed by atoms with E-state index >= 15 is 0 Å². The summed E-state index contributed by atoms with van der Waals surface area (Å²) in [5, 5.41) is 3.59. The number of benzene rings is 1. The van der Waals surface area contributed by atoms with Crippen LogP contribution in [0.5, 0.6) is 0 Å². The van der Waals surface area contributed by atoms with Crippen molar-refractivity contribution in [2.75, 3.05) is 38.5 Å². The molecule has 1 aromatic rings. The first-order chi connectivity index (χ1) is 11.6. The average Bonchev–Trinajstić information content (AvgIpc) is 2.78. The lowest BCUT2D eigenvalue weighted by Crippen LogP contribution is -2.41. The van der Waals surface area contributed by atoms with Gasteiger partial charge in [0.2, 0.25) is 5.91 Å². The van der Waals surface area contributed by atoms with Crippen molar-refractivity contribution in [2.45, 2.75) is 25.7 Å². The van der Waals surface area contributed by atoms with Crippen LogP contribution in [0.1, 0.15) is 36.0 Å². The van der Waals surface area contributed by atoms with Crippen molar-refractivity contribution >= 4 is 29.1 Å². The van der Waals surface area contributed by atoms with Gasteiger partial charge in [-0.15, -0.1) is 0 Å². The van der Waals surface area contributed by atoms with Crippen molar-refractivity contribution in [3.63, 3.8) is 0 Å². The highest BCUT2D eigenvalue weighted by Gasteiger charge is 2.31. The summed E-state index contributed by atoms with van der Waals surface area (Å²) in [6.45, 7) is 2.61. The van der Waals surface area contributed by atoms with Gasteiger partial charge >= 0.3 is 0 Å². The summed E-state index contributed by atoms with van der Waals surface area (Å²) in [5.74, 6) is 0.463. The lowest BCUT2D eigenvalue weighted by Gasteiger charge is -2.31. The minimum absolute atomic E-state index is 0.0280. The van der Waals surface area contributed by atoms with Crippen molar-refractivity contribution in [1.82, 2.24) is 9.80 Å². The summed E-state index contributed by atoms with van der Waals surface area (Å²) in [6.07, 6.45) is 4.02. The van der Waals surface area contributed by atoms with E-state index in [4.69, 9.17) is 11.6 Å². The molecule has 2 fully saturated rings. The number of halogens is 1. The molecule has 3 rings (SSSR count). The zero-order chi connectivity index (χ0) is 17.1. The predicted molar refractivity (Wildman–Crippen MR) is 95.4 cm³/mol. The fraction of sp³-hybridized carbons (Fsp3) is 0.556. The molecule has 1 aliphatic heterocycles. The molecular formula is C18H24ClN3O2. The Hall–Kier alpha value is -1.75. The van der Waals surface area contributed by atoms with E-state index in [1.54, 1.807) is 19.2 Å². The average molecular weight is 350 g/mol. The summed E-state index contributed by atoms with van der Waals surface area (Å²) in [5.41, 5.74) is 1.36. The van der Waals surface area contributed by atoms with Gasteiger partial charge in [-0.1, -0.05) is 18.0 Å². The highest BCUT2D eigenvalue weighted by Crippen LogP contribution is 2.29. The SMILES string of the molecule is CNc1ccc(Cl)cc1C(=O)N1CCCN(C(=O)C2CCC2)CC1. The Bertz CT molecular complexity index is 631. The number of anilines is 1. The van der Waals surface area contributed by atoms with Gasteiger partial charge in [0.05, 0.1) is 5.56 Å². The molecule has 1 N–H and O–H groups in total. The molecule has 130 valence electrons. The van der Waals surface area contributed by atoms with Crippen LogP contribution in [-0.4, -0.2) is 54.8 Å². The van der Waals surface area contributed by atoms with E-state index in [0.717, 1.165) is 37.9 Å². The topological polar surface area (TPSA) is 52.7 Å². The van der Waals surface area contributed by atoms with Crippen LogP contribution in [-0.2, 0) is 4.79 Å². The van der Waals surface area contributed by atoms with E-state index < -0.39 is 0 Å². The molecule has 5 nitrogen and oxygen atoms in total. The van der Waals surface area contributed by atoms with Gasteiger partial charge in [-0.3, -0.25) is 9.59 Å². The highest BCUT2D eigenvalue weighted by atomic mass is 35.5. The molecule has 0 aromatic heterocycles. The minimum Gasteiger partial charge on any atom is -0.387 e. The molecule has 1 aromatic carbocycles. The number of carbonyl (C=O) groups excluding carboxylic acids is 2. The lowest BCUT2D eigenvalue weighted by molar-refractivity contribution is -0.138. The van der Waals surface area contributed by atoms with Crippen LogP contribution in [0.25, 0.3) is 0 Å². The van der Waals surface area contributed by atoms with Crippen molar-refractivity contribution in [1.29, 1.82) is 0 Å². The van der Waals surface area contributed by atoms with Gasteiger partial charge in [-0.05, 0) is 37.5 Å². The maximum absolute atomic E-state index is 12.9. The van der Waals surface area contributed by atoms with Crippen LogP contribution in [0.15, 0.2) is 18.2 Å². The standard InChI is InChI=1S/C18H24ClN3O2/c1-20-16-7-6-14(19)12-15(16)18(24)22-9-3-8-21(10-11-22)17(23)13-4-2-5-13/h6-7,12-13,20H,2-5,8-11H2,1H3. The third-order valence-electron chi connectivity index (χ3n) is 5.03. The van der Waals surface area contributed by atoms with Crippen molar-refractivity contribution in [3.05, 3.63) is 28.8 Å². The number of hydrogen-bond donors (Lipinski definition) is 1. The van der Waals surface area contributed by atoms with Crippen LogP contribution >= 0.6 is 11.6 Å². The first kappa shape index (κ1) is 17.1. The monoisotopic (exact) mass is 349 g/mol.